The van der Waals surface area contributed by atoms with Crippen molar-refractivity contribution in [3.05, 3.63) is 70.8 Å². The third-order valence-electron chi connectivity index (χ3n) is 5.27. The summed E-state index contributed by atoms with van der Waals surface area (Å²) in [6.45, 7) is 0.897. The second-order valence-corrected chi connectivity index (χ2v) is 7.13. The lowest BCUT2D eigenvalue weighted by Crippen LogP contribution is -3.10. The molecule has 2 aromatic carbocycles. The Kier molecular flexibility index (Phi) is 6.24. The van der Waals surface area contributed by atoms with Gasteiger partial charge < -0.3 is 15.0 Å². The van der Waals surface area contributed by atoms with Gasteiger partial charge in [-0.3, -0.25) is 4.79 Å². The van der Waals surface area contributed by atoms with E-state index in [1.165, 1.54) is 29.6 Å². The zero-order valence-corrected chi connectivity index (χ0v) is 16.0. The van der Waals surface area contributed by atoms with E-state index in [1.54, 1.807) is 12.1 Å². The van der Waals surface area contributed by atoms with Gasteiger partial charge in [0, 0.05) is 18.5 Å². The van der Waals surface area contributed by atoms with E-state index < -0.39 is 0 Å². The van der Waals surface area contributed by atoms with Crippen LogP contribution in [-0.2, 0) is 22.5 Å². The van der Waals surface area contributed by atoms with Gasteiger partial charge in [-0.1, -0.05) is 36.4 Å². The predicted octanol–water partition coefficient (Wildman–Crippen LogP) is 1.68. The maximum absolute atomic E-state index is 12.4. The van der Waals surface area contributed by atoms with Crippen LogP contribution >= 0.6 is 0 Å². The number of carbonyl (C=O) groups excluding carboxylic acids is 2. The van der Waals surface area contributed by atoms with Gasteiger partial charge in [-0.2, -0.15) is 0 Å². The molecule has 0 bridgehead atoms. The molecule has 0 saturated carbocycles. The summed E-state index contributed by atoms with van der Waals surface area (Å²) in [6.07, 6.45) is 3.42. The van der Waals surface area contributed by atoms with Crippen molar-refractivity contribution >= 4 is 11.9 Å². The maximum atomic E-state index is 12.4. The van der Waals surface area contributed by atoms with Crippen LogP contribution in [0.25, 0.3) is 0 Å². The number of quaternary nitrogens is 1. The number of methoxy groups -OCH3 is 1. The van der Waals surface area contributed by atoms with Gasteiger partial charge in [0.25, 0.3) is 5.91 Å². The number of carbonyl (C=O) groups is 2. The van der Waals surface area contributed by atoms with E-state index in [-0.39, 0.29) is 11.9 Å². The van der Waals surface area contributed by atoms with Crippen molar-refractivity contribution in [2.75, 3.05) is 20.7 Å². The van der Waals surface area contributed by atoms with Gasteiger partial charge in [0.1, 0.15) is 6.04 Å². The molecule has 2 atom stereocenters. The highest BCUT2D eigenvalue weighted by molar-refractivity contribution is 5.89. The van der Waals surface area contributed by atoms with Crippen LogP contribution < -0.4 is 10.2 Å². The molecule has 142 valence electrons. The smallest absolute Gasteiger partial charge is 0.337 e. The molecule has 0 aromatic heterocycles. The Morgan fingerprint density at radius 3 is 2.63 bits per heavy atom. The van der Waals surface area contributed by atoms with Gasteiger partial charge >= 0.3 is 5.97 Å². The molecule has 1 aliphatic carbocycles. The molecule has 1 amide bonds. The minimum absolute atomic E-state index is 0.0348. The summed E-state index contributed by atoms with van der Waals surface area (Å²) in [6, 6.07) is 16.0. The van der Waals surface area contributed by atoms with E-state index in [0.717, 1.165) is 18.4 Å². The Morgan fingerprint density at radius 1 is 1.15 bits per heavy atom. The van der Waals surface area contributed by atoms with Crippen LogP contribution in [0.15, 0.2) is 48.5 Å². The Labute approximate surface area is 160 Å². The van der Waals surface area contributed by atoms with Crippen molar-refractivity contribution in [3.63, 3.8) is 0 Å². The first-order chi connectivity index (χ1) is 13.1. The summed E-state index contributed by atoms with van der Waals surface area (Å²) in [5.41, 5.74) is 4.26. The van der Waals surface area contributed by atoms with Gasteiger partial charge in [0.05, 0.1) is 19.7 Å². The molecule has 1 aliphatic rings. The molecule has 27 heavy (non-hydrogen) atoms. The first-order valence-electron chi connectivity index (χ1n) is 9.42. The molecular formula is C22H27N2O3+. The fourth-order valence-corrected chi connectivity index (χ4v) is 3.78. The molecule has 0 fully saturated rings. The summed E-state index contributed by atoms with van der Waals surface area (Å²) < 4.78 is 4.69. The number of nitrogens with one attached hydrogen (secondary N) is 2. The highest BCUT2D eigenvalue weighted by atomic mass is 16.5. The van der Waals surface area contributed by atoms with Crippen molar-refractivity contribution in [2.45, 2.75) is 31.8 Å². The van der Waals surface area contributed by atoms with Crippen LogP contribution in [0.3, 0.4) is 0 Å². The summed E-state index contributed by atoms with van der Waals surface area (Å²) in [5.74, 6) is -0.323. The topological polar surface area (TPSA) is 59.8 Å². The summed E-state index contributed by atoms with van der Waals surface area (Å²) in [7, 11) is 3.46. The predicted molar refractivity (Wildman–Crippen MR) is 104 cm³/mol. The number of esters is 1. The summed E-state index contributed by atoms with van der Waals surface area (Å²) in [5, 5.41) is 2.98. The Balaban J connectivity index is 1.53. The average molecular weight is 367 g/mol. The summed E-state index contributed by atoms with van der Waals surface area (Å²) in [4.78, 5) is 25.1. The molecule has 0 spiro atoms. The SMILES string of the molecule is COC(=O)c1ccc(CNC(=O)C[NH+](C)[C@@H]2CCCc3ccccc32)cc1. The highest BCUT2D eigenvalue weighted by Crippen LogP contribution is 2.27. The van der Waals surface area contributed by atoms with Crippen molar-refractivity contribution in [1.82, 2.24) is 5.32 Å². The van der Waals surface area contributed by atoms with Crippen molar-refractivity contribution in [2.24, 2.45) is 0 Å². The number of hydrogen-bond donors (Lipinski definition) is 2. The molecule has 3 rings (SSSR count). The van der Waals surface area contributed by atoms with Crippen LogP contribution in [0.1, 0.15) is 45.9 Å². The number of benzene rings is 2. The van der Waals surface area contributed by atoms with Crippen LogP contribution in [0, 0.1) is 0 Å². The number of hydrogen-bond acceptors (Lipinski definition) is 3. The second-order valence-electron chi connectivity index (χ2n) is 7.13. The number of fused-ring (bicyclic) bond motifs is 1. The van der Waals surface area contributed by atoms with Gasteiger partial charge in [0.15, 0.2) is 6.54 Å². The van der Waals surface area contributed by atoms with Crippen molar-refractivity contribution in [1.29, 1.82) is 0 Å². The van der Waals surface area contributed by atoms with Gasteiger partial charge in [-0.15, -0.1) is 0 Å². The third-order valence-corrected chi connectivity index (χ3v) is 5.27. The number of likely N-dealkylation sites (N-methyl/N-ethyl adjacent to an activating group) is 1. The van der Waals surface area contributed by atoms with Gasteiger partial charge in [-0.05, 0) is 36.1 Å². The molecule has 0 aliphatic heterocycles. The number of aryl methyl sites for hydroxylation is 1. The van der Waals surface area contributed by atoms with E-state index in [1.807, 2.05) is 12.1 Å². The largest absolute Gasteiger partial charge is 0.465 e. The lowest BCUT2D eigenvalue weighted by atomic mass is 9.87. The van der Waals surface area contributed by atoms with Crippen LogP contribution in [0.2, 0.25) is 0 Å². The molecular weight excluding hydrogens is 340 g/mol. The van der Waals surface area contributed by atoms with E-state index in [2.05, 4.69) is 41.4 Å². The van der Waals surface area contributed by atoms with Crippen molar-refractivity contribution < 1.29 is 19.2 Å². The quantitative estimate of drug-likeness (QED) is 0.764. The molecule has 0 saturated heterocycles. The van der Waals surface area contributed by atoms with E-state index >= 15 is 0 Å². The molecule has 2 N–H and O–H groups in total. The molecule has 5 heteroatoms. The van der Waals surface area contributed by atoms with E-state index in [0.29, 0.717) is 24.7 Å². The zero-order chi connectivity index (χ0) is 19.2. The maximum Gasteiger partial charge on any atom is 0.337 e. The Bertz CT molecular complexity index is 801. The lowest BCUT2D eigenvalue weighted by molar-refractivity contribution is -0.905. The zero-order valence-electron chi connectivity index (χ0n) is 16.0. The third kappa shape index (κ3) is 4.74. The first kappa shape index (κ1) is 19.1. The van der Waals surface area contributed by atoms with E-state index in [4.69, 9.17) is 0 Å². The molecule has 2 aromatic rings. The Morgan fingerprint density at radius 2 is 1.89 bits per heavy atom. The van der Waals surface area contributed by atoms with Crippen LogP contribution in [0.5, 0.6) is 0 Å². The molecule has 5 nitrogen and oxygen atoms in total. The summed E-state index contributed by atoms with van der Waals surface area (Å²) >= 11 is 0. The normalized spacial score (nSPS) is 16.9. The van der Waals surface area contributed by atoms with Crippen LogP contribution in [-0.4, -0.2) is 32.6 Å². The molecule has 0 heterocycles. The highest BCUT2D eigenvalue weighted by Gasteiger charge is 2.27. The first-order valence-corrected chi connectivity index (χ1v) is 9.42. The molecule has 0 radical (unpaired) electrons. The monoisotopic (exact) mass is 367 g/mol. The average Bonchev–Trinajstić information content (AvgIpc) is 2.71. The Hall–Kier alpha value is -2.66. The molecule has 1 unspecified atom stereocenters. The lowest BCUT2D eigenvalue weighted by Gasteiger charge is -2.30. The fraction of sp³-hybridized carbons (Fsp3) is 0.364. The number of amides is 1. The minimum Gasteiger partial charge on any atom is -0.465 e. The number of ether oxygens (including phenoxy) is 1. The van der Waals surface area contributed by atoms with Gasteiger partial charge in [-0.25, -0.2) is 4.79 Å². The van der Waals surface area contributed by atoms with Crippen LogP contribution in [0.4, 0.5) is 0 Å². The minimum atomic E-state index is -0.358. The fourth-order valence-electron chi connectivity index (χ4n) is 3.78. The number of rotatable bonds is 6. The standard InChI is InChI=1S/C22H26N2O3/c1-24(20-9-5-7-17-6-3-4-8-19(17)20)15-21(25)23-14-16-10-12-18(13-11-16)22(26)27-2/h3-4,6,8,10-13,20H,5,7,9,14-15H2,1-2H3,(H,23,25)/p+1/t20-/m1/s1. The van der Waals surface area contributed by atoms with Crippen molar-refractivity contribution in [3.8, 4) is 0 Å². The second kappa shape index (κ2) is 8.82. The van der Waals surface area contributed by atoms with E-state index in [9.17, 15) is 9.59 Å². The van der Waals surface area contributed by atoms with Gasteiger partial charge in [0.2, 0.25) is 0 Å².